The lowest BCUT2D eigenvalue weighted by atomic mass is 10.1. The van der Waals surface area contributed by atoms with E-state index in [1.165, 1.54) is 11.8 Å². The summed E-state index contributed by atoms with van der Waals surface area (Å²) in [4.78, 5) is 14.5. The van der Waals surface area contributed by atoms with Gasteiger partial charge >= 0.3 is 0 Å². The van der Waals surface area contributed by atoms with Crippen molar-refractivity contribution in [2.24, 2.45) is 0 Å². The molecule has 0 atom stereocenters. The zero-order valence-corrected chi connectivity index (χ0v) is 18.3. The molecule has 28 heavy (non-hydrogen) atoms. The van der Waals surface area contributed by atoms with Gasteiger partial charge in [-0.25, -0.2) is 0 Å². The molecule has 0 spiro atoms. The Hall–Kier alpha value is -1.73. The summed E-state index contributed by atoms with van der Waals surface area (Å²) in [6.07, 6.45) is 1.80. The number of ether oxygens (including phenoxy) is 2. The third-order valence-corrected chi connectivity index (χ3v) is 6.04. The van der Waals surface area contributed by atoms with Crippen LogP contribution in [0.4, 0.5) is 0 Å². The van der Waals surface area contributed by atoms with Crippen molar-refractivity contribution in [1.82, 2.24) is 4.90 Å². The molecular weight excluding hydrogens is 437 g/mol. The van der Waals surface area contributed by atoms with Crippen LogP contribution in [0.1, 0.15) is 18.1 Å². The number of thioether (sulfide) groups is 1. The minimum absolute atomic E-state index is 0.0748. The monoisotopic (exact) mass is 453 g/mol. The number of halogens is 2. The van der Waals surface area contributed by atoms with Gasteiger partial charge in [-0.1, -0.05) is 59.3 Å². The standard InChI is InChI=1S/C20H17Cl2NO3S2/c1-3-23-19(24)18(28-20(23)27)9-12-4-7-16(17(8-12)25-2)26-11-13-5-6-14(21)10-15(13)22/h4-10H,3,11H2,1-2H3/b18-9-. The highest BCUT2D eigenvalue weighted by Crippen LogP contribution is 2.35. The second kappa shape index (κ2) is 9.18. The molecule has 0 unspecified atom stereocenters. The third-order valence-electron chi connectivity index (χ3n) is 4.07. The molecule has 1 amide bonds. The van der Waals surface area contributed by atoms with Crippen LogP contribution in [0.25, 0.3) is 6.08 Å². The number of likely N-dealkylation sites (N-methyl/N-ethyl adjacent to an activating group) is 1. The van der Waals surface area contributed by atoms with Crippen LogP contribution in [0.15, 0.2) is 41.3 Å². The van der Waals surface area contributed by atoms with E-state index in [4.69, 9.17) is 44.9 Å². The zero-order chi connectivity index (χ0) is 20.3. The van der Waals surface area contributed by atoms with Gasteiger partial charge in [-0.05, 0) is 42.8 Å². The van der Waals surface area contributed by atoms with Gasteiger partial charge in [0.05, 0.1) is 12.0 Å². The fourth-order valence-corrected chi connectivity index (χ4v) is 4.46. The van der Waals surface area contributed by atoms with Crippen molar-refractivity contribution in [3.05, 3.63) is 62.5 Å². The molecule has 4 nitrogen and oxygen atoms in total. The third kappa shape index (κ3) is 4.63. The predicted octanol–water partition coefficient (Wildman–Crippen LogP) is 5.80. The summed E-state index contributed by atoms with van der Waals surface area (Å²) in [5.41, 5.74) is 1.64. The Bertz CT molecular complexity index is 962. The lowest BCUT2D eigenvalue weighted by molar-refractivity contribution is -0.121. The van der Waals surface area contributed by atoms with Crippen LogP contribution in [-0.2, 0) is 11.4 Å². The number of benzene rings is 2. The number of hydrogen-bond acceptors (Lipinski definition) is 5. The average Bonchev–Trinajstić information content (AvgIpc) is 2.94. The van der Waals surface area contributed by atoms with E-state index in [9.17, 15) is 4.79 Å². The van der Waals surface area contributed by atoms with Gasteiger partial charge in [0.15, 0.2) is 11.5 Å². The van der Waals surface area contributed by atoms with E-state index < -0.39 is 0 Å². The topological polar surface area (TPSA) is 38.8 Å². The van der Waals surface area contributed by atoms with Crippen LogP contribution in [0.5, 0.6) is 11.5 Å². The van der Waals surface area contributed by atoms with Gasteiger partial charge in [0.1, 0.15) is 10.9 Å². The maximum absolute atomic E-state index is 12.4. The number of thiocarbonyl (C=S) groups is 1. The molecule has 1 fully saturated rings. The highest BCUT2D eigenvalue weighted by atomic mass is 35.5. The van der Waals surface area contributed by atoms with Crippen LogP contribution in [-0.4, -0.2) is 28.8 Å². The second-order valence-electron chi connectivity index (χ2n) is 5.86. The van der Waals surface area contributed by atoms with Crippen molar-refractivity contribution in [1.29, 1.82) is 0 Å². The molecule has 0 aromatic heterocycles. The molecule has 0 N–H and O–H groups in total. The molecule has 2 aromatic carbocycles. The molecule has 1 aliphatic rings. The van der Waals surface area contributed by atoms with Gasteiger partial charge in [0.25, 0.3) is 5.91 Å². The minimum atomic E-state index is -0.0748. The summed E-state index contributed by atoms with van der Waals surface area (Å²) in [6.45, 7) is 2.74. The summed E-state index contributed by atoms with van der Waals surface area (Å²) in [5, 5.41) is 1.12. The highest BCUT2D eigenvalue weighted by Gasteiger charge is 2.30. The maximum atomic E-state index is 12.4. The van der Waals surface area contributed by atoms with Gasteiger partial charge in [0.2, 0.25) is 0 Å². The predicted molar refractivity (Wildman–Crippen MR) is 119 cm³/mol. The van der Waals surface area contributed by atoms with Gasteiger partial charge in [-0.2, -0.15) is 0 Å². The fourth-order valence-electron chi connectivity index (χ4n) is 2.61. The lowest BCUT2D eigenvalue weighted by Gasteiger charge is -2.12. The van der Waals surface area contributed by atoms with Crippen molar-refractivity contribution in [3.8, 4) is 11.5 Å². The van der Waals surface area contributed by atoms with E-state index >= 15 is 0 Å². The van der Waals surface area contributed by atoms with Gasteiger partial charge < -0.3 is 9.47 Å². The molecule has 146 valence electrons. The Morgan fingerprint density at radius 3 is 2.61 bits per heavy atom. The molecule has 1 heterocycles. The van der Waals surface area contributed by atoms with Gasteiger partial charge in [-0.15, -0.1) is 0 Å². The number of nitrogens with zero attached hydrogens (tertiary/aromatic N) is 1. The molecule has 1 aliphatic heterocycles. The van der Waals surface area contributed by atoms with Gasteiger partial charge in [0, 0.05) is 22.2 Å². The Morgan fingerprint density at radius 2 is 1.96 bits per heavy atom. The molecule has 0 bridgehead atoms. The van der Waals surface area contributed by atoms with Crippen molar-refractivity contribution >= 4 is 63.5 Å². The fraction of sp³-hybridized carbons (Fsp3) is 0.200. The van der Waals surface area contributed by atoms with E-state index in [-0.39, 0.29) is 12.5 Å². The van der Waals surface area contributed by atoms with E-state index in [1.807, 2.05) is 25.1 Å². The van der Waals surface area contributed by atoms with E-state index in [2.05, 4.69) is 0 Å². The van der Waals surface area contributed by atoms with Crippen molar-refractivity contribution in [2.45, 2.75) is 13.5 Å². The smallest absolute Gasteiger partial charge is 0.266 e. The van der Waals surface area contributed by atoms with E-state index in [0.717, 1.165) is 11.1 Å². The zero-order valence-electron chi connectivity index (χ0n) is 15.2. The maximum Gasteiger partial charge on any atom is 0.266 e. The molecule has 3 rings (SSSR count). The van der Waals surface area contributed by atoms with Crippen LogP contribution >= 0.6 is 47.2 Å². The van der Waals surface area contributed by atoms with Crippen LogP contribution in [0.2, 0.25) is 10.0 Å². The number of hydrogen-bond donors (Lipinski definition) is 0. The molecule has 0 aliphatic carbocycles. The molecular formula is C20H17Cl2NO3S2. The second-order valence-corrected chi connectivity index (χ2v) is 8.38. The SMILES string of the molecule is CCN1C(=O)/C(=C/c2ccc(OCc3ccc(Cl)cc3Cl)c(OC)c2)SC1=S. The molecule has 2 aromatic rings. The molecule has 8 heteroatoms. The Labute approximate surface area is 183 Å². The van der Waals surface area contributed by atoms with Crippen molar-refractivity contribution < 1.29 is 14.3 Å². The Kier molecular flexibility index (Phi) is 6.88. The van der Waals surface area contributed by atoms with Gasteiger partial charge in [-0.3, -0.25) is 9.69 Å². The number of carbonyl (C=O) groups is 1. The molecule has 0 radical (unpaired) electrons. The van der Waals surface area contributed by atoms with E-state index in [1.54, 1.807) is 36.3 Å². The number of methoxy groups -OCH3 is 1. The summed E-state index contributed by atoms with van der Waals surface area (Å²) in [7, 11) is 1.57. The van der Waals surface area contributed by atoms with Crippen LogP contribution < -0.4 is 9.47 Å². The van der Waals surface area contributed by atoms with Crippen LogP contribution in [0, 0.1) is 0 Å². The highest BCUT2D eigenvalue weighted by molar-refractivity contribution is 8.26. The summed E-state index contributed by atoms with van der Waals surface area (Å²) < 4.78 is 11.9. The molecule has 1 saturated heterocycles. The summed E-state index contributed by atoms with van der Waals surface area (Å²) in [6, 6.07) is 10.7. The summed E-state index contributed by atoms with van der Waals surface area (Å²) >= 11 is 18.6. The first kappa shape index (κ1) is 21.0. The normalized spacial score (nSPS) is 15.4. The first-order valence-corrected chi connectivity index (χ1v) is 10.4. The minimum Gasteiger partial charge on any atom is -0.493 e. The lowest BCUT2D eigenvalue weighted by Crippen LogP contribution is -2.27. The largest absolute Gasteiger partial charge is 0.493 e. The summed E-state index contributed by atoms with van der Waals surface area (Å²) in [5.74, 6) is 1.06. The Balaban J connectivity index is 1.78. The van der Waals surface area contributed by atoms with Crippen LogP contribution in [0.3, 0.4) is 0 Å². The Morgan fingerprint density at radius 1 is 1.18 bits per heavy atom. The van der Waals surface area contributed by atoms with Crippen molar-refractivity contribution in [2.75, 3.05) is 13.7 Å². The first-order chi connectivity index (χ1) is 13.4. The van der Waals surface area contributed by atoms with Crippen molar-refractivity contribution in [3.63, 3.8) is 0 Å². The molecule has 0 saturated carbocycles. The first-order valence-electron chi connectivity index (χ1n) is 8.43. The average molecular weight is 454 g/mol. The number of amides is 1. The quantitative estimate of drug-likeness (QED) is 0.407. The van der Waals surface area contributed by atoms with E-state index in [0.29, 0.717) is 37.3 Å². The number of rotatable bonds is 6. The number of carbonyl (C=O) groups excluding carboxylic acids is 1.